The molecule has 0 aliphatic carbocycles. The number of nitrogens with one attached hydrogen (secondary N) is 1. The summed E-state index contributed by atoms with van der Waals surface area (Å²) in [6.45, 7) is 0. The number of rotatable bonds is 2. The Kier molecular flexibility index (Phi) is 5.01. The number of benzene rings is 2. The first-order chi connectivity index (χ1) is 8.16. The highest BCUT2D eigenvalue weighted by Gasteiger charge is 2.06. The molecule has 0 saturated heterocycles. The van der Waals surface area contributed by atoms with Crippen LogP contribution in [0.5, 0.6) is 0 Å². The SMILES string of the molecule is Cl.O=C(O)Nc1ccccc1-c1cccc(Cl)c1. The maximum atomic E-state index is 10.7. The minimum Gasteiger partial charge on any atom is -0.465 e. The molecule has 0 aromatic heterocycles. The van der Waals surface area contributed by atoms with Gasteiger partial charge in [0.15, 0.2) is 0 Å². The Labute approximate surface area is 116 Å². The molecular weight excluding hydrogens is 273 g/mol. The highest BCUT2D eigenvalue weighted by atomic mass is 35.5. The van der Waals surface area contributed by atoms with Gasteiger partial charge in [-0.1, -0.05) is 41.9 Å². The molecule has 0 fully saturated rings. The monoisotopic (exact) mass is 283 g/mol. The summed E-state index contributed by atoms with van der Waals surface area (Å²) < 4.78 is 0. The molecule has 0 heterocycles. The fourth-order valence-corrected chi connectivity index (χ4v) is 1.81. The zero-order valence-corrected chi connectivity index (χ0v) is 10.8. The normalized spacial score (nSPS) is 9.39. The summed E-state index contributed by atoms with van der Waals surface area (Å²) in [6, 6.07) is 14.5. The summed E-state index contributed by atoms with van der Waals surface area (Å²) in [5, 5.41) is 11.7. The molecule has 0 atom stereocenters. The standard InChI is InChI=1S/C13H10ClNO2.ClH/c14-10-5-3-4-9(8-10)11-6-1-2-7-12(11)15-13(16)17;/h1-8,15H,(H,16,17);1H. The molecule has 0 aliphatic heterocycles. The summed E-state index contributed by atoms with van der Waals surface area (Å²) in [4.78, 5) is 10.7. The van der Waals surface area contributed by atoms with Gasteiger partial charge in [0.1, 0.15) is 0 Å². The van der Waals surface area contributed by atoms with Crippen molar-refractivity contribution < 1.29 is 9.90 Å². The average molecular weight is 284 g/mol. The molecule has 1 amide bonds. The van der Waals surface area contributed by atoms with E-state index in [0.717, 1.165) is 11.1 Å². The molecule has 0 unspecified atom stereocenters. The van der Waals surface area contributed by atoms with Gasteiger partial charge in [-0.15, -0.1) is 12.4 Å². The van der Waals surface area contributed by atoms with E-state index >= 15 is 0 Å². The molecule has 0 spiro atoms. The Morgan fingerprint density at radius 2 is 1.83 bits per heavy atom. The predicted octanol–water partition coefficient (Wildman–Crippen LogP) is 4.52. The van der Waals surface area contributed by atoms with Crippen molar-refractivity contribution in [3.63, 3.8) is 0 Å². The van der Waals surface area contributed by atoms with Gasteiger partial charge in [-0.2, -0.15) is 0 Å². The van der Waals surface area contributed by atoms with Crippen LogP contribution >= 0.6 is 24.0 Å². The van der Waals surface area contributed by atoms with Gasteiger partial charge in [-0.25, -0.2) is 4.79 Å². The Morgan fingerprint density at radius 1 is 1.11 bits per heavy atom. The molecule has 18 heavy (non-hydrogen) atoms. The van der Waals surface area contributed by atoms with E-state index in [1.54, 1.807) is 24.3 Å². The lowest BCUT2D eigenvalue weighted by molar-refractivity contribution is 0.210. The average Bonchev–Trinajstić information content (AvgIpc) is 2.29. The molecule has 0 bridgehead atoms. The second kappa shape index (κ2) is 6.28. The van der Waals surface area contributed by atoms with Crippen LogP contribution in [0, 0.1) is 0 Å². The summed E-state index contributed by atoms with van der Waals surface area (Å²) in [5.41, 5.74) is 2.22. The second-order valence-electron chi connectivity index (χ2n) is 3.49. The molecule has 5 heteroatoms. The summed E-state index contributed by atoms with van der Waals surface area (Å²) in [7, 11) is 0. The van der Waals surface area contributed by atoms with Gasteiger partial charge >= 0.3 is 6.09 Å². The largest absolute Gasteiger partial charge is 0.465 e. The van der Waals surface area contributed by atoms with Crippen LogP contribution in [-0.2, 0) is 0 Å². The third-order valence-corrected chi connectivity index (χ3v) is 2.54. The number of carboxylic acid groups (broad SMARTS) is 1. The van der Waals surface area contributed by atoms with E-state index < -0.39 is 6.09 Å². The minimum atomic E-state index is -1.08. The van der Waals surface area contributed by atoms with Gasteiger partial charge in [-0.3, -0.25) is 5.32 Å². The van der Waals surface area contributed by atoms with E-state index in [1.165, 1.54) is 0 Å². The molecule has 0 aliphatic rings. The van der Waals surface area contributed by atoms with Crippen LogP contribution in [0.15, 0.2) is 48.5 Å². The zero-order chi connectivity index (χ0) is 12.3. The molecule has 0 saturated carbocycles. The van der Waals surface area contributed by atoms with Gasteiger partial charge in [0.2, 0.25) is 0 Å². The summed E-state index contributed by atoms with van der Waals surface area (Å²) in [5.74, 6) is 0. The van der Waals surface area contributed by atoms with E-state index in [0.29, 0.717) is 10.7 Å². The Hall–Kier alpha value is -1.71. The van der Waals surface area contributed by atoms with Crippen molar-refractivity contribution in [1.29, 1.82) is 0 Å². The smallest absolute Gasteiger partial charge is 0.409 e. The van der Waals surface area contributed by atoms with E-state index in [2.05, 4.69) is 5.32 Å². The van der Waals surface area contributed by atoms with Crippen LogP contribution in [0.25, 0.3) is 11.1 Å². The van der Waals surface area contributed by atoms with Crippen molar-refractivity contribution in [2.45, 2.75) is 0 Å². The van der Waals surface area contributed by atoms with Gasteiger partial charge in [0, 0.05) is 10.6 Å². The maximum Gasteiger partial charge on any atom is 0.409 e. The number of hydrogen-bond donors (Lipinski definition) is 2. The molecule has 94 valence electrons. The molecule has 2 rings (SSSR count). The lowest BCUT2D eigenvalue weighted by Gasteiger charge is -2.09. The topological polar surface area (TPSA) is 49.3 Å². The zero-order valence-electron chi connectivity index (χ0n) is 9.26. The minimum absolute atomic E-state index is 0. The number of hydrogen-bond acceptors (Lipinski definition) is 1. The molecule has 2 aromatic carbocycles. The maximum absolute atomic E-state index is 10.7. The third-order valence-electron chi connectivity index (χ3n) is 2.30. The fourth-order valence-electron chi connectivity index (χ4n) is 1.62. The lowest BCUT2D eigenvalue weighted by atomic mass is 10.0. The molecule has 3 nitrogen and oxygen atoms in total. The van der Waals surface area contributed by atoms with Crippen molar-refractivity contribution in [3.8, 4) is 11.1 Å². The Balaban J connectivity index is 0.00000162. The van der Waals surface area contributed by atoms with Gasteiger partial charge < -0.3 is 5.11 Å². The van der Waals surface area contributed by atoms with Crippen LogP contribution < -0.4 is 5.32 Å². The first kappa shape index (κ1) is 14.4. The van der Waals surface area contributed by atoms with Crippen molar-refractivity contribution in [2.24, 2.45) is 0 Å². The van der Waals surface area contributed by atoms with Crippen LogP contribution in [-0.4, -0.2) is 11.2 Å². The van der Waals surface area contributed by atoms with E-state index in [9.17, 15) is 4.79 Å². The highest BCUT2D eigenvalue weighted by molar-refractivity contribution is 6.30. The predicted molar refractivity (Wildman–Crippen MR) is 75.8 cm³/mol. The first-order valence-electron chi connectivity index (χ1n) is 5.02. The fraction of sp³-hybridized carbons (Fsp3) is 0. The van der Waals surface area contributed by atoms with Crippen LogP contribution in [0.4, 0.5) is 10.5 Å². The number of anilines is 1. The lowest BCUT2D eigenvalue weighted by Crippen LogP contribution is -2.08. The van der Waals surface area contributed by atoms with Crippen LogP contribution in [0.3, 0.4) is 0 Å². The number of amides is 1. The number of para-hydroxylation sites is 1. The second-order valence-corrected chi connectivity index (χ2v) is 3.92. The summed E-state index contributed by atoms with van der Waals surface area (Å²) >= 11 is 5.92. The van der Waals surface area contributed by atoms with Crippen molar-refractivity contribution in [1.82, 2.24) is 0 Å². The summed E-state index contributed by atoms with van der Waals surface area (Å²) in [6.07, 6.45) is -1.08. The van der Waals surface area contributed by atoms with Gasteiger partial charge in [0.05, 0.1) is 5.69 Å². The van der Waals surface area contributed by atoms with E-state index in [1.807, 2.05) is 24.3 Å². The molecule has 0 radical (unpaired) electrons. The van der Waals surface area contributed by atoms with Crippen molar-refractivity contribution >= 4 is 35.8 Å². The van der Waals surface area contributed by atoms with Crippen molar-refractivity contribution in [3.05, 3.63) is 53.6 Å². The van der Waals surface area contributed by atoms with E-state index in [4.69, 9.17) is 16.7 Å². The molecule has 2 aromatic rings. The molecule has 2 N–H and O–H groups in total. The molecular formula is C13H11Cl2NO2. The third kappa shape index (κ3) is 3.39. The van der Waals surface area contributed by atoms with Crippen LogP contribution in [0.2, 0.25) is 5.02 Å². The number of carbonyl (C=O) groups is 1. The highest BCUT2D eigenvalue weighted by Crippen LogP contribution is 2.29. The Morgan fingerprint density at radius 3 is 2.50 bits per heavy atom. The first-order valence-corrected chi connectivity index (χ1v) is 5.39. The van der Waals surface area contributed by atoms with Crippen molar-refractivity contribution in [2.75, 3.05) is 5.32 Å². The van der Waals surface area contributed by atoms with Gasteiger partial charge in [-0.05, 0) is 23.8 Å². The number of halogens is 2. The quantitative estimate of drug-likeness (QED) is 0.851. The Bertz CT molecular complexity index is 558. The van der Waals surface area contributed by atoms with Gasteiger partial charge in [0.25, 0.3) is 0 Å². The van der Waals surface area contributed by atoms with Crippen LogP contribution in [0.1, 0.15) is 0 Å². The van der Waals surface area contributed by atoms with E-state index in [-0.39, 0.29) is 12.4 Å².